The number of hydrogen-bond acceptors (Lipinski definition) is 4. The van der Waals surface area contributed by atoms with Gasteiger partial charge in [0.15, 0.2) is 10.9 Å². The molecule has 1 saturated heterocycles. The lowest BCUT2D eigenvalue weighted by molar-refractivity contribution is -0.124. The van der Waals surface area contributed by atoms with E-state index < -0.39 is 0 Å². The minimum absolute atomic E-state index is 0.0502. The highest BCUT2D eigenvalue weighted by Crippen LogP contribution is 2.40. The van der Waals surface area contributed by atoms with Crippen LogP contribution in [0.2, 0.25) is 10.0 Å². The van der Waals surface area contributed by atoms with Crippen molar-refractivity contribution >= 4 is 68.0 Å². The first-order valence-electron chi connectivity index (χ1n) is 13.1. The van der Waals surface area contributed by atoms with Crippen LogP contribution in [0.4, 0.5) is 0 Å². The van der Waals surface area contributed by atoms with Gasteiger partial charge in [0.2, 0.25) is 0 Å². The smallest absolute Gasteiger partial charge is 0.266 e. The summed E-state index contributed by atoms with van der Waals surface area (Å²) in [5, 5.41) is 1.72. The van der Waals surface area contributed by atoms with Crippen molar-refractivity contribution < 1.29 is 9.53 Å². The van der Waals surface area contributed by atoms with Crippen LogP contribution in [-0.2, 0) is 11.4 Å². The van der Waals surface area contributed by atoms with Crippen LogP contribution in [-0.4, -0.2) is 28.1 Å². The number of amides is 1. The zero-order valence-electron chi connectivity index (χ0n) is 20.7. The summed E-state index contributed by atoms with van der Waals surface area (Å²) in [7, 11) is 0. The van der Waals surface area contributed by atoms with Crippen molar-refractivity contribution in [3.63, 3.8) is 0 Å². The Bertz CT molecular complexity index is 1170. The van der Waals surface area contributed by atoms with E-state index in [0.717, 1.165) is 46.5 Å². The number of nitrogens with zero attached hydrogens (tertiary/aromatic N) is 2. The zero-order valence-corrected chi connectivity index (χ0v) is 24.6. The van der Waals surface area contributed by atoms with Crippen LogP contribution in [0.3, 0.4) is 0 Å². The summed E-state index contributed by atoms with van der Waals surface area (Å²) in [5.74, 6) is 0.497. The van der Waals surface area contributed by atoms with Crippen molar-refractivity contribution in [1.29, 1.82) is 0 Å². The van der Waals surface area contributed by atoms with Crippen LogP contribution in [0.15, 0.2) is 50.8 Å². The lowest BCUT2D eigenvalue weighted by atomic mass is 9.94. The Hall–Kier alpha value is -1.47. The molecule has 1 aliphatic heterocycles. The topological polar surface area (TPSA) is 41.9 Å². The van der Waals surface area contributed by atoms with Crippen molar-refractivity contribution in [2.24, 2.45) is 4.99 Å². The van der Waals surface area contributed by atoms with Gasteiger partial charge in [-0.3, -0.25) is 14.7 Å². The van der Waals surface area contributed by atoms with E-state index in [0.29, 0.717) is 33.3 Å². The van der Waals surface area contributed by atoms with Gasteiger partial charge in [0.25, 0.3) is 5.91 Å². The quantitative estimate of drug-likeness (QED) is 0.302. The van der Waals surface area contributed by atoms with Crippen molar-refractivity contribution in [3.05, 3.63) is 66.9 Å². The number of thioether (sulfide) groups is 1. The lowest BCUT2D eigenvalue weighted by Crippen LogP contribution is -2.41. The monoisotopic (exact) mass is 620 g/mol. The predicted molar refractivity (Wildman–Crippen MR) is 159 cm³/mol. The van der Waals surface area contributed by atoms with Crippen molar-refractivity contribution in [1.82, 2.24) is 4.90 Å². The molecule has 0 N–H and O–H groups in total. The molecule has 0 atom stereocenters. The van der Waals surface area contributed by atoms with E-state index in [1.807, 2.05) is 47.4 Å². The molecule has 2 aliphatic carbocycles. The Morgan fingerprint density at radius 1 is 0.973 bits per heavy atom. The molecule has 0 spiro atoms. The molecule has 1 amide bonds. The van der Waals surface area contributed by atoms with Crippen LogP contribution in [0, 0.1) is 0 Å². The second-order valence-electron chi connectivity index (χ2n) is 10.0. The fraction of sp³-hybridized carbons (Fsp3) is 0.448. The van der Waals surface area contributed by atoms with E-state index in [1.165, 1.54) is 50.3 Å². The number of carbonyl (C=O) groups excluding carboxylic acids is 1. The third-order valence-corrected chi connectivity index (χ3v) is 9.35. The molecule has 3 aliphatic rings. The highest BCUT2D eigenvalue weighted by atomic mass is 79.9. The van der Waals surface area contributed by atoms with Crippen LogP contribution in [0.25, 0.3) is 6.08 Å². The number of halogens is 3. The molecule has 0 radical (unpaired) electrons. The summed E-state index contributed by atoms with van der Waals surface area (Å²) in [5.41, 5.74) is 1.80. The third kappa shape index (κ3) is 6.76. The van der Waals surface area contributed by atoms with E-state index in [2.05, 4.69) is 15.9 Å². The van der Waals surface area contributed by atoms with Crippen molar-refractivity contribution in [2.45, 2.75) is 82.9 Å². The SMILES string of the molecule is O=C1C(=Cc2cc(Cl)c(OCc3ccc(Br)cc3)c(Cl)c2)SC(=NC2CCCCC2)N1C1CCCCC1. The molecule has 2 aromatic carbocycles. The fourth-order valence-electron chi connectivity index (χ4n) is 5.29. The van der Waals surface area contributed by atoms with Gasteiger partial charge in [-0.25, -0.2) is 0 Å². The van der Waals surface area contributed by atoms with Crippen LogP contribution in [0.1, 0.15) is 75.3 Å². The number of amidine groups is 1. The third-order valence-electron chi connectivity index (χ3n) is 7.26. The van der Waals surface area contributed by atoms with Crippen molar-refractivity contribution in [3.8, 4) is 5.75 Å². The molecule has 196 valence electrons. The minimum Gasteiger partial charge on any atom is -0.486 e. The summed E-state index contributed by atoms with van der Waals surface area (Å²) < 4.78 is 6.95. The highest BCUT2D eigenvalue weighted by molar-refractivity contribution is 9.10. The molecule has 5 rings (SSSR count). The van der Waals surface area contributed by atoms with E-state index >= 15 is 0 Å². The number of ether oxygens (including phenoxy) is 1. The molecular weight excluding hydrogens is 591 g/mol. The largest absolute Gasteiger partial charge is 0.486 e. The Morgan fingerprint density at radius 3 is 2.24 bits per heavy atom. The first kappa shape index (κ1) is 27.1. The highest BCUT2D eigenvalue weighted by Gasteiger charge is 2.39. The Balaban J connectivity index is 1.37. The zero-order chi connectivity index (χ0) is 25.8. The maximum absolute atomic E-state index is 13.6. The standard InChI is InChI=1S/C29H31BrCl2N2O2S/c30-21-13-11-19(12-14-21)18-36-27-24(31)15-20(16-25(27)32)17-26-28(35)34(23-9-5-2-6-10-23)29(37-26)33-22-7-3-1-4-8-22/h11-17,22-23H,1-10,18H2. The summed E-state index contributed by atoms with van der Waals surface area (Å²) in [4.78, 5) is 21.4. The van der Waals surface area contributed by atoms with Gasteiger partial charge in [-0.2, -0.15) is 0 Å². The van der Waals surface area contributed by atoms with Gasteiger partial charge >= 0.3 is 0 Å². The molecule has 37 heavy (non-hydrogen) atoms. The normalized spacial score (nSPS) is 21.8. The van der Waals surface area contributed by atoms with Gasteiger partial charge in [-0.05, 0) is 78.9 Å². The second-order valence-corrected chi connectivity index (χ2v) is 12.7. The molecule has 0 aromatic heterocycles. The van der Waals surface area contributed by atoms with Crippen LogP contribution in [0.5, 0.6) is 5.75 Å². The number of hydrogen-bond donors (Lipinski definition) is 0. The summed E-state index contributed by atoms with van der Waals surface area (Å²) in [6.45, 7) is 0.360. The number of carbonyl (C=O) groups is 1. The maximum atomic E-state index is 13.6. The molecule has 8 heteroatoms. The number of rotatable bonds is 6. The molecule has 1 heterocycles. The van der Waals surface area contributed by atoms with Crippen LogP contribution >= 0.6 is 50.9 Å². The van der Waals surface area contributed by atoms with Gasteiger partial charge in [-0.15, -0.1) is 0 Å². The van der Waals surface area contributed by atoms with Gasteiger partial charge in [-0.1, -0.05) is 89.8 Å². The Kier molecular flexibility index (Phi) is 9.22. The lowest BCUT2D eigenvalue weighted by Gasteiger charge is -2.31. The predicted octanol–water partition coefficient (Wildman–Crippen LogP) is 9.27. The summed E-state index contributed by atoms with van der Waals surface area (Å²) in [6.07, 6.45) is 13.5. The molecule has 2 saturated carbocycles. The van der Waals surface area contributed by atoms with Gasteiger partial charge in [0.1, 0.15) is 6.61 Å². The fourth-order valence-corrected chi connectivity index (χ4v) is 7.28. The maximum Gasteiger partial charge on any atom is 0.266 e. The molecule has 3 fully saturated rings. The number of aliphatic imine (C=N–C) groups is 1. The Morgan fingerprint density at radius 2 is 1.59 bits per heavy atom. The van der Waals surface area contributed by atoms with E-state index in [1.54, 1.807) is 0 Å². The first-order valence-corrected chi connectivity index (χ1v) is 15.5. The number of benzene rings is 2. The van der Waals surface area contributed by atoms with Gasteiger partial charge in [0.05, 0.1) is 21.0 Å². The first-order chi connectivity index (χ1) is 18.0. The second kappa shape index (κ2) is 12.6. The molecular formula is C29H31BrCl2N2O2S. The average molecular weight is 622 g/mol. The minimum atomic E-state index is 0.0502. The molecule has 0 bridgehead atoms. The van der Waals surface area contributed by atoms with E-state index in [4.69, 9.17) is 32.9 Å². The van der Waals surface area contributed by atoms with Crippen molar-refractivity contribution in [2.75, 3.05) is 0 Å². The summed E-state index contributed by atoms with van der Waals surface area (Å²) >= 11 is 18.1. The van der Waals surface area contributed by atoms with E-state index in [9.17, 15) is 4.79 Å². The molecule has 0 unspecified atom stereocenters. The molecule has 4 nitrogen and oxygen atoms in total. The van der Waals surface area contributed by atoms with Gasteiger partial charge < -0.3 is 4.74 Å². The average Bonchev–Trinajstić information content (AvgIpc) is 3.19. The Labute approximate surface area is 242 Å². The summed E-state index contributed by atoms with van der Waals surface area (Å²) in [6, 6.07) is 12.1. The molecule has 2 aromatic rings. The van der Waals surface area contributed by atoms with E-state index in [-0.39, 0.29) is 11.9 Å². The van der Waals surface area contributed by atoms with Gasteiger partial charge in [0, 0.05) is 10.5 Å². The van der Waals surface area contributed by atoms with Crippen LogP contribution < -0.4 is 4.74 Å².